The van der Waals surface area contributed by atoms with Crippen molar-refractivity contribution >= 4 is 26.8 Å². The van der Waals surface area contributed by atoms with Crippen molar-refractivity contribution in [2.24, 2.45) is 7.05 Å². The summed E-state index contributed by atoms with van der Waals surface area (Å²) < 4.78 is 29.2. The number of pyridine rings is 1. The van der Waals surface area contributed by atoms with Crippen molar-refractivity contribution in [2.75, 3.05) is 32.7 Å². The zero-order chi connectivity index (χ0) is 27.1. The molecule has 1 aromatic heterocycles. The Kier molecular flexibility index (Phi) is 9.35. The van der Waals surface area contributed by atoms with Gasteiger partial charge in [0.25, 0.3) is 5.91 Å². The molecule has 3 aromatic rings. The first-order valence-electron chi connectivity index (χ1n) is 13.5. The smallest absolute Gasteiger partial charge is 0.256 e. The molecule has 204 valence electrons. The van der Waals surface area contributed by atoms with E-state index in [1.54, 1.807) is 17.7 Å². The van der Waals surface area contributed by atoms with Gasteiger partial charge in [-0.1, -0.05) is 43.7 Å². The molecule has 4 rings (SSSR count). The van der Waals surface area contributed by atoms with E-state index in [4.69, 9.17) is 0 Å². The number of rotatable bonds is 12. The highest BCUT2D eigenvalue weighted by atomic mass is 32.2. The van der Waals surface area contributed by atoms with Crippen LogP contribution in [0.2, 0.25) is 0 Å². The number of amides is 1. The summed E-state index contributed by atoms with van der Waals surface area (Å²) in [6.07, 6.45) is 6.19. The highest BCUT2D eigenvalue weighted by molar-refractivity contribution is 7.89. The summed E-state index contributed by atoms with van der Waals surface area (Å²) in [5.74, 6) is -0.441. The van der Waals surface area contributed by atoms with Crippen molar-refractivity contribution in [1.29, 1.82) is 0 Å². The first kappa shape index (κ1) is 28.0. The monoisotopic (exact) mass is 538 g/mol. The second kappa shape index (κ2) is 12.7. The molecule has 0 radical (unpaired) electrons. The van der Waals surface area contributed by atoms with Gasteiger partial charge in [0.05, 0.1) is 10.4 Å². The predicted octanol–water partition coefficient (Wildman–Crippen LogP) is 3.75. The van der Waals surface area contributed by atoms with Crippen molar-refractivity contribution < 1.29 is 13.2 Å². The number of sulfonamides is 1. The summed E-state index contributed by atoms with van der Waals surface area (Å²) in [6.45, 7) is 6.29. The van der Waals surface area contributed by atoms with Crippen LogP contribution in [0.3, 0.4) is 0 Å². The average molecular weight is 539 g/mol. The molecule has 0 unspecified atom stereocenters. The van der Waals surface area contributed by atoms with Crippen molar-refractivity contribution in [3.63, 3.8) is 0 Å². The normalized spacial score (nSPS) is 14.4. The molecule has 9 heteroatoms. The minimum Gasteiger partial charge on any atom is -0.352 e. The second-order valence-electron chi connectivity index (χ2n) is 10.00. The largest absolute Gasteiger partial charge is 0.352 e. The Morgan fingerprint density at radius 1 is 1.03 bits per heavy atom. The lowest BCUT2D eigenvalue weighted by Gasteiger charge is -2.22. The number of aryl methyl sites for hydroxylation is 1. The predicted molar refractivity (Wildman–Crippen MR) is 151 cm³/mol. The van der Waals surface area contributed by atoms with Crippen LogP contribution in [0.4, 0.5) is 0 Å². The molecule has 2 aromatic carbocycles. The van der Waals surface area contributed by atoms with Crippen LogP contribution in [0, 0.1) is 0 Å². The van der Waals surface area contributed by atoms with Crippen LogP contribution in [0.1, 0.15) is 54.9 Å². The van der Waals surface area contributed by atoms with Gasteiger partial charge in [0, 0.05) is 51.4 Å². The van der Waals surface area contributed by atoms with Gasteiger partial charge in [0.1, 0.15) is 5.56 Å². The van der Waals surface area contributed by atoms with Crippen LogP contribution in [0.25, 0.3) is 10.9 Å². The Labute approximate surface area is 225 Å². The Balaban J connectivity index is 1.44. The molecule has 8 nitrogen and oxygen atoms in total. The third kappa shape index (κ3) is 6.51. The maximum absolute atomic E-state index is 13.3. The van der Waals surface area contributed by atoms with E-state index in [9.17, 15) is 18.0 Å². The first-order chi connectivity index (χ1) is 18.3. The number of carbonyl (C=O) groups excluding carboxylic acids is 1. The van der Waals surface area contributed by atoms with Gasteiger partial charge in [0.2, 0.25) is 15.5 Å². The van der Waals surface area contributed by atoms with Gasteiger partial charge in [-0.15, -0.1) is 0 Å². The molecule has 1 aliphatic rings. The molecule has 2 heterocycles. The molecule has 0 spiro atoms. The molecule has 1 aliphatic heterocycles. The van der Waals surface area contributed by atoms with E-state index < -0.39 is 21.4 Å². The summed E-state index contributed by atoms with van der Waals surface area (Å²) in [5, 5.41) is 3.12. The van der Waals surface area contributed by atoms with E-state index >= 15 is 0 Å². The molecule has 1 N–H and O–H groups in total. The summed E-state index contributed by atoms with van der Waals surface area (Å²) in [5.41, 5.74) is 1.41. The number of nitrogens with zero attached hydrogens (tertiary/aromatic N) is 3. The standard InChI is InChI=1S/C29H38N4O4S/c1-3-4-16-32(21-23-11-6-5-7-12-23)17-10-15-30-29(35)26-22-31(2)27-14-13-24(20-25(27)28(26)34)38(36,37)33-18-8-9-19-33/h5-7,11-14,20,22H,3-4,8-10,15-19,21H2,1-2H3,(H,30,35). The van der Waals surface area contributed by atoms with E-state index in [-0.39, 0.29) is 15.8 Å². The molecule has 0 saturated carbocycles. The minimum absolute atomic E-state index is 0.0165. The van der Waals surface area contributed by atoms with Gasteiger partial charge >= 0.3 is 0 Å². The van der Waals surface area contributed by atoms with Crippen LogP contribution < -0.4 is 10.7 Å². The van der Waals surface area contributed by atoms with Gasteiger partial charge < -0.3 is 9.88 Å². The highest BCUT2D eigenvalue weighted by Gasteiger charge is 2.28. The average Bonchev–Trinajstić information content (AvgIpc) is 3.48. The van der Waals surface area contributed by atoms with Crippen molar-refractivity contribution in [1.82, 2.24) is 19.1 Å². The van der Waals surface area contributed by atoms with Crippen molar-refractivity contribution in [3.8, 4) is 0 Å². The van der Waals surface area contributed by atoms with Gasteiger partial charge in [-0.2, -0.15) is 4.31 Å². The number of fused-ring (bicyclic) bond motifs is 1. The summed E-state index contributed by atoms with van der Waals surface area (Å²) in [7, 11) is -1.92. The van der Waals surface area contributed by atoms with Crippen LogP contribution in [0.15, 0.2) is 64.4 Å². The van der Waals surface area contributed by atoms with Crippen LogP contribution in [-0.4, -0.2) is 60.8 Å². The third-order valence-electron chi connectivity index (χ3n) is 7.12. The first-order valence-corrected chi connectivity index (χ1v) is 14.9. The van der Waals surface area contributed by atoms with E-state index in [2.05, 4.69) is 29.3 Å². The van der Waals surface area contributed by atoms with E-state index in [1.807, 2.05) is 18.2 Å². The fourth-order valence-corrected chi connectivity index (χ4v) is 6.51. The maximum atomic E-state index is 13.3. The zero-order valence-corrected chi connectivity index (χ0v) is 23.2. The Bertz CT molecular complexity index is 1410. The summed E-state index contributed by atoms with van der Waals surface area (Å²) in [6, 6.07) is 14.9. The van der Waals surface area contributed by atoms with Crippen LogP contribution >= 0.6 is 0 Å². The lowest BCUT2D eigenvalue weighted by Crippen LogP contribution is -2.33. The number of benzene rings is 2. The molecule has 1 fully saturated rings. The SMILES string of the molecule is CCCCN(CCCNC(=O)c1cn(C)c2ccc(S(=O)(=O)N3CCCC3)cc2c1=O)Cc1ccccc1. The van der Waals surface area contributed by atoms with E-state index in [0.29, 0.717) is 25.2 Å². The molecule has 1 saturated heterocycles. The molecule has 0 bridgehead atoms. The molecular formula is C29H38N4O4S. The zero-order valence-electron chi connectivity index (χ0n) is 22.4. The fraction of sp³-hybridized carbons (Fsp3) is 0.448. The molecule has 38 heavy (non-hydrogen) atoms. The van der Waals surface area contributed by atoms with Crippen molar-refractivity contribution in [2.45, 2.75) is 50.5 Å². The van der Waals surface area contributed by atoms with Gasteiger partial charge in [-0.3, -0.25) is 14.5 Å². The lowest BCUT2D eigenvalue weighted by atomic mass is 10.1. The third-order valence-corrected chi connectivity index (χ3v) is 9.02. The molecule has 1 amide bonds. The van der Waals surface area contributed by atoms with Crippen LogP contribution in [-0.2, 0) is 23.6 Å². The van der Waals surface area contributed by atoms with Crippen LogP contribution in [0.5, 0.6) is 0 Å². The van der Waals surface area contributed by atoms with E-state index in [0.717, 1.165) is 51.7 Å². The number of aromatic nitrogens is 1. The number of hydrogen-bond acceptors (Lipinski definition) is 5. The van der Waals surface area contributed by atoms with Gasteiger partial charge in [-0.25, -0.2) is 8.42 Å². The number of carbonyl (C=O) groups is 1. The van der Waals surface area contributed by atoms with Crippen molar-refractivity contribution in [3.05, 3.63) is 76.1 Å². The highest BCUT2D eigenvalue weighted by Crippen LogP contribution is 2.23. The van der Waals surface area contributed by atoms with Gasteiger partial charge in [-0.05, 0) is 56.0 Å². The molecular weight excluding hydrogens is 500 g/mol. The number of hydrogen-bond donors (Lipinski definition) is 1. The van der Waals surface area contributed by atoms with Gasteiger partial charge in [0.15, 0.2) is 0 Å². The molecule has 0 atom stereocenters. The number of unbranched alkanes of at least 4 members (excludes halogenated alkanes) is 1. The summed E-state index contributed by atoms with van der Waals surface area (Å²) in [4.78, 5) is 28.8. The quantitative estimate of drug-likeness (QED) is 0.355. The second-order valence-corrected chi connectivity index (χ2v) is 11.9. The van der Waals surface area contributed by atoms with E-state index in [1.165, 1.54) is 28.2 Å². The maximum Gasteiger partial charge on any atom is 0.256 e. The lowest BCUT2D eigenvalue weighted by molar-refractivity contribution is 0.0949. The summed E-state index contributed by atoms with van der Waals surface area (Å²) >= 11 is 0. The minimum atomic E-state index is -3.67. The Morgan fingerprint density at radius 2 is 1.74 bits per heavy atom. The fourth-order valence-electron chi connectivity index (χ4n) is 4.96. The number of nitrogens with one attached hydrogen (secondary N) is 1. The topological polar surface area (TPSA) is 91.7 Å². The Hall–Kier alpha value is -3.01. The molecule has 0 aliphatic carbocycles. The Morgan fingerprint density at radius 3 is 2.45 bits per heavy atom.